The Morgan fingerprint density at radius 1 is 1.39 bits per heavy atom. The second-order valence-corrected chi connectivity index (χ2v) is 4.46. The van der Waals surface area contributed by atoms with E-state index in [1.807, 2.05) is 23.4 Å². The zero-order valence-electron chi connectivity index (χ0n) is 10.7. The van der Waals surface area contributed by atoms with E-state index < -0.39 is 0 Å². The lowest BCUT2D eigenvalue weighted by atomic mass is 10.1. The summed E-state index contributed by atoms with van der Waals surface area (Å²) in [7, 11) is 0. The van der Waals surface area contributed by atoms with Crippen LogP contribution in [-0.2, 0) is 13.1 Å². The van der Waals surface area contributed by atoms with Crippen molar-refractivity contribution in [1.29, 1.82) is 0 Å². The van der Waals surface area contributed by atoms with Gasteiger partial charge in [0.15, 0.2) is 0 Å². The highest BCUT2D eigenvalue weighted by molar-refractivity contribution is 4.99. The lowest BCUT2D eigenvalue weighted by Gasteiger charge is -2.04. The smallest absolute Gasteiger partial charge is 0.0994 e. The van der Waals surface area contributed by atoms with Gasteiger partial charge in [0.25, 0.3) is 0 Å². The molecule has 1 atom stereocenters. The maximum Gasteiger partial charge on any atom is 0.0994 e. The topological polar surface area (TPSA) is 74.5 Å². The third-order valence-electron chi connectivity index (χ3n) is 2.90. The molecule has 2 N–H and O–H groups in total. The average Bonchev–Trinajstić information content (AvgIpc) is 3.00. The van der Waals surface area contributed by atoms with Crippen molar-refractivity contribution in [2.75, 3.05) is 0 Å². The van der Waals surface area contributed by atoms with Crippen LogP contribution >= 0.6 is 0 Å². The van der Waals surface area contributed by atoms with Gasteiger partial charge in [-0.15, -0.1) is 5.10 Å². The Balaban J connectivity index is 1.79. The number of hydrogen-bond acceptors (Lipinski definition) is 4. The zero-order valence-corrected chi connectivity index (χ0v) is 10.7. The third-order valence-corrected chi connectivity index (χ3v) is 2.90. The standard InChI is InChI=1S/C12H20N6/c1-2-4-11(13)12-9-18(16-15-12)7-3-6-17-8-5-14-10-17/h5,8-11H,2-4,6-7,13H2,1H3. The van der Waals surface area contributed by atoms with Gasteiger partial charge in [0.2, 0.25) is 0 Å². The fraction of sp³-hybridized carbons (Fsp3) is 0.583. The van der Waals surface area contributed by atoms with Crippen molar-refractivity contribution >= 4 is 0 Å². The van der Waals surface area contributed by atoms with Gasteiger partial charge in [-0.05, 0) is 12.8 Å². The van der Waals surface area contributed by atoms with Crippen LogP contribution in [-0.4, -0.2) is 24.5 Å². The quantitative estimate of drug-likeness (QED) is 0.803. The average molecular weight is 248 g/mol. The maximum atomic E-state index is 6.00. The Morgan fingerprint density at radius 3 is 3.00 bits per heavy atom. The number of nitrogens with zero attached hydrogens (tertiary/aromatic N) is 5. The van der Waals surface area contributed by atoms with E-state index >= 15 is 0 Å². The van der Waals surface area contributed by atoms with E-state index in [1.165, 1.54) is 0 Å². The maximum absolute atomic E-state index is 6.00. The van der Waals surface area contributed by atoms with Gasteiger partial charge in [-0.1, -0.05) is 18.6 Å². The molecule has 0 aliphatic heterocycles. The highest BCUT2D eigenvalue weighted by Crippen LogP contribution is 2.11. The van der Waals surface area contributed by atoms with Gasteiger partial charge in [0.05, 0.1) is 24.3 Å². The minimum Gasteiger partial charge on any atom is -0.337 e. The summed E-state index contributed by atoms with van der Waals surface area (Å²) in [5.74, 6) is 0. The highest BCUT2D eigenvalue weighted by atomic mass is 15.4. The summed E-state index contributed by atoms with van der Waals surface area (Å²) in [5.41, 5.74) is 6.88. The number of imidazole rings is 1. The molecule has 6 nitrogen and oxygen atoms in total. The molecule has 2 heterocycles. The van der Waals surface area contributed by atoms with Crippen LogP contribution in [0.15, 0.2) is 24.9 Å². The largest absolute Gasteiger partial charge is 0.337 e. The van der Waals surface area contributed by atoms with Gasteiger partial charge < -0.3 is 10.3 Å². The summed E-state index contributed by atoms with van der Waals surface area (Å²) < 4.78 is 3.92. The Labute approximate surface area is 107 Å². The van der Waals surface area contributed by atoms with E-state index in [1.54, 1.807) is 6.20 Å². The molecule has 2 aromatic rings. The molecular weight excluding hydrogens is 228 g/mol. The van der Waals surface area contributed by atoms with Crippen molar-refractivity contribution < 1.29 is 0 Å². The van der Waals surface area contributed by atoms with E-state index in [9.17, 15) is 0 Å². The number of rotatable bonds is 7. The van der Waals surface area contributed by atoms with Crippen molar-refractivity contribution in [1.82, 2.24) is 24.5 Å². The molecule has 0 fully saturated rings. The molecule has 0 amide bonds. The number of hydrogen-bond donors (Lipinski definition) is 1. The van der Waals surface area contributed by atoms with Gasteiger partial charge in [-0.2, -0.15) is 0 Å². The van der Waals surface area contributed by atoms with Gasteiger partial charge >= 0.3 is 0 Å². The Bertz CT molecular complexity index is 447. The molecule has 0 radical (unpaired) electrons. The number of aryl methyl sites for hydroxylation is 2. The third kappa shape index (κ3) is 3.40. The lowest BCUT2D eigenvalue weighted by Crippen LogP contribution is -2.10. The molecule has 0 saturated heterocycles. The first-order valence-corrected chi connectivity index (χ1v) is 6.41. The summed E-state index contributed by atoms with van der Waals surface area (Å²) >= 11 is 0. The number of nitrogens with two attached hydrogens (primary N) is 1. The zero-order chi connectivity index (χ0) is 12.8. The first kappa shape index (κ1) is 12.8. The normalized spacial score (nSPS) is 12.8. The monoisotopic (exact) mass is 248 g/mol. The molecule has 0 aromatic carbocycles. The van der Waals surface area contributed by atoms with Crippen molar-refractivity contribution in [3.63, 3.8) is 0 Å². The van der Waals surface area contributed by atoms with E-state index in [-0.39, 0.29) is 6.04 Å². The van der Waals surface area contributed by atoms with Gasteiger partial charge in [0, 0.05) is 25.5 Å². The molecule has 98 valence electrons. The van der Waals surface area contributed by atoms with Crippen LogP contribution in [0.2, 0.25) is 0 Å². The van der Waals surface area contributed by atoms with Crippen LogP contribution in [0.25, 0.3) is 0 Å². The van der Waals surface area contributed by atoms with Gasteiger partial charge in [-0.3, -0.25) is 4.68 Å². The fourth-order valence-corrected chi connectivity index (χ4v) is 1.89. The Kier molecular flexibility index (Phi) is 4.46. The van der Waals surface area contributed by atoms with Crippen LogP contribution in [0, 0.1) is 0 Å². The lowest BCUT2D eigenvalue weighted by molar-refractivity contribution is 0.514. The predicted molar refractivity (Wildman–Crippen MR) is 68.7 cm³/mol. The highest BCUT2D eigenvalue weighted by Gasteiger charge is 2.09. The summed E-state index contributed by atoms with van der Waals surface area (Å²) in [5, 5.41) is 8.22. The Morgan fingerprint density at radius 2 is 2.28 bits per heavy atom. The summed E-state index contributed by atoms with van der Waals surface area (Å²) in [6.45, 7) is 3.91. The van der Waals surface area contributed by atoms with Crippen molar-refractivity contribution in [3.05, 3.63) is 30.6 Å². The van der Waals surface area contributed by atoms with E-state index in [4.69, 9.17) is 5.73 Å². The number of aromatic nitrogens is 5. The van der Waals surface area contributed by atoms with Crippen LogP contribution in [0.5, 0.6) is 0 Å². The molecule has 2 rings (SSSR count). The molecule has 0 aliphatic carbocycles. The summed E-state index contributed by atoms with van der Waals surface area (Å²) in [6, 6.07) is 0.0115. The van der Waals surface area contributed by atoms with E-state index in [0.29, 0.717) is 0 Å². The van der Waals surface area contributed by atoms with Crippen LogP contribution in [0.4, 0.5) is 0 Å². The first-order chi connectivity index (χ1) is 8.79. The van der Waals surface area contributed by atoms with Gasteiger partial charge in [-0.25, -0.2) is 4.98 Å². The fourth-order valence-electron chi connectivity index (χ4n) is 1.89. The molecular formula is C12H20N6. The molecule has 0 bridgehead atoms. The second-order valence-electron chi connectivity index (χ2n) is 4.46. The van der Waals surface area contributed by atoms with Crippen molar-refractivity contribution in [2.24, 2.45) is 5.73 Å². The summed E-state index contributed by atoms with van der Waals surface area (Å²) in [4.78, 5) is 4.01. The molecule has 0 spiro atoms. The minimum atomic E-state index is 0.0115. The molecule has 0 aliphatic rings. The first-order valence-electron chi connectivity index (χ1n) is 6.41. The SMILES string of the molecule is CCCC(N)c1cn(CCCn2ccnc2)nn1. The van der Waals surface area contributed by atoms with Crippen LogP contribution in [0.1, 0.15) is 37.9 Å². The molecule has 6 heteroatoms. The van der Waals surface area contributed by atoms with E-state index in [2.05, 4.69) is 26.8 Å². The molecule has 1 unspecified atom stereocenters. The molecule has 18 heavy (non-hydrogen) atoms. The minimum absolute atomic E-state index is 0.0115. The Hall–Kier alpha value is -1.69. The van der Waals surface area contributed by atoms with Crippen molar-refractivity contribution in [3.8, 4) is 0 Å². The second kappa shape index (κ2) is 6.30. The summed E-state index contributed by atoms with van der Waals surface area (Å²) in [6.07, 6.45) is 10.5. The van der Waals surface area contributed by atoms with Gasteiger partial charge in [0.1, 0.15) is 0 Å². The van der Waals surface area contributed by atoms with Crippen LogP contribution < -0.4 is 5.73 Å². The predicted octanol–water partition coefficient (Wildman–Crippen LogP) is 1.36. The van der Waals surface area contributed by atoms with Crippen molar-refractivity contribution in [2.45, 2.75) is 45.3 Å². The van der Waals surface area contributed by atoms with Crippen LogP contribution in [0.3, 0.4) is 0 Å². The molecule has 2 aromatic heterocycles. The van der Waals surface area contributed by atoms with E-state index in [0.717, 1.165) is 38.0 Å². The molecule has 0 saturated carbocycles.